The molecule has 2 N–H and O–H groups in total. The van der Waals surface area contributed by atoms with E-state index in [1.165, 1.54) is 21.7 Å². The molecule has 29 heavy (non-hydrogen) atoms. The number of carbonyl (C=O) groups excluding carboxylic acids is 1. The number of benzene rings is 2. The molecular weight excluding hydrogens is 388 g/mol. The van der Waals surface area contributed by atoms with E-state index >= 15 is 0 Å². The molecule has 2 atom stereocenters. The van der Waals surface area contributed by atoms with Crippen LogP contribution in [0.4, 0.5) is 11.4 Å². The highest BCUT2D eigenvalue weighted by Crippen LogP contribution is 2.28. The molecule has 1 fully saturated rings. The Morgan fingerprint density at radius 2 is 2.14 bits per heavy atom. The maximum Gasteiger partial charge on any atom is 0.279 e. The molecule has 0 aliphatic carbocycles. The predicted octanol–water partition coefficient (Wildman–Crippen LogP) is 3.26. The van der Waals surface area contributed by atoms with Crippen LogP contribution in [-0.4, -0.2) is 28.9 Å². The molecule has 0 spiro atoms. The highest BCUT2D eigenvalue weighted by molar-refractivity contribution is 7.18. The van der Waals surface area contributed by atoms with Crippen LogP contribution >= 0.6 is 11.3 Å². The molecule has 8 heteroatoms. The summed E-state index contributed by atoms with van der Waals surface area (Å²) >= 11 is 1.71. The molecule has 1 saturated heterocycles. The smallest absolute Gasteiger partial charge is 0.279 e. The second-order valence-corrected chi connectivity index (χ2v) is 8.52. The van der Waals surface area contributed by atoms with Gasteiger partial charge in [-0.25, -0.2) is 4.98 Å². The Morgan fingerprint density at radius 1 is 1.31 bits per heavy atom. The number of fused-ring (bicyclic) bond motifs is 1. The Morgan fingerprint density at radius 3 is 2.93 bits per heavy atom. The first-order valence-electron chi connectivity index (χ1n) is 9.76. The molecule has 2 aromatic carbocycles. The second-order valence-electron chi connectivity index (χ2n) is 7.46. The molecule has 4 rings (SSSR count). The standard InChI is InChI=1S/C21H22N4O3S/c1-14-9-10-15(25(27)28)12-17(14)22-20(26)13-24-11-5-4-7-18(24)21-23-16-6-2-3-8-19(16)29-21/h2-3,6,8-10,12,18H,4-5,7,11,13H2,1H3,(H,22,26)/p+1/t18-/m1/s1. The van der Waals surface area contributed by atoms with Crippen molar-refractivity contribution in [2.45, 2.75) is 32.2 Å². The summed E-state index contributed by atoms with van der Waals surface area (Å²) in [7, 11) is 0. The highest BCUT2D eigenvalue weighted by atomic mass is 32.1. The molecule has 0 bridgehead atoms. The molecule has 1 aromatic heterocycles. The minimum absolute atomic E-state index is 0.0245. The van der Waals surface area contributed by atoms with Gasteiger partial charge in [-0.3, -0.25) is 14.9 Å². The average molecular weight is 412 g/mol. The lowest BCUT2D eigenvalue weighted by molar-refractivity contribution is -0.929. The summed E-state index contributed by atoms with van der Waals surface area (Å²) in [5.74, 6) is -0.128. The molecule has 1 unspecified atom stereocenters. The van der Waals surface area contributed by atoms with Crippen molar-refractivity contribution < 1.29 is 14.6 Å². The minimum atomic E-state index is -0.450. The fourth-order valence-corrected chi connectivity index (χ4v) is 5.05. The van der Waals surface area contributed by atoms with Crippen molar-refractivity contribution in [2.24, 2.45) is 0 Å². The van der Waals surface area contributed by atoms with E-state index in [1.807, 2.05) is 25.1 Å². The fraction of sp³-hybridized carbons (Fsp3) is 0.333. The normalized spacial score (nSPS) is 19.2. The molecule has 1 aliphatic heterocycles. The van der Waals surface area contributed by atoms with Crippen LogP contribution in [0.1, 0.15) is 35.9 Å². The second kappa shape index (κ2) is 8.26. The molecular formula is C21H23N4O3S+. The maximum absolute atomic E-state index is 12.7. The van der Waals surface area contributed by atoms with E-state index < -0.39 is 4.92 Å². The van der Waals surface area contributed by atoms with E-state index in [9.17, 15) is 14.9 Å². The number of rotatable bonds is 5. The van der Waals surface area contributed by atoms with Crippen LogP contribution in [0.15, 0.2) is 42.5 Å². The summed E-state index contributed by atoms with van der Waals surface area (Å²) in [6.45, 7) is 3.07. The number of aryl methyl sites for hydroxylation is 1. The van der Waals surface area contributed by atoms with Crippen molar-refractivity contribution in [1.29, 1.82) is 0 Å². The van der Waals surface area contributed by atoms with E-state index in [0.717, 1.165) is 41.9 Å². The number of amides is 1. The number of nitro benzene ring substituents is 1. The summed E-state index contributed by atoms with van der Waals surface area (Å²) in [5.41, 5.74) is 2.29. The summed E-state index contributed by atoms with van der Waals surface area (Å²) in [5, 5.41) is 15.0. The molecule has 0 saturated carbocycles. The number of hydrogen-bond donors (Lipinski definition) is 2. The molecule has 150 valence electrons. The first kappa shape index (κ1) is 19.5. The van der Waals surface area contributed by atoms with E-state index in [0.29, 0.717) is 12.2 Å². The van der Waals surface area contributed by atoms with Gasteiger partial charge >= 0.3 is 0 Å². The first-order chi connectivity index (χ1) is 14.0. The van der Waals surface area contributed by atoms with Gasteiger partial charge in [0.2, 0.25) is 0 Å². The minimum Gasteiger partial charge on any atom is -0.321 e. The summed E-state index contributed by atoms with van der Waals surface area (Å²) in [6, 6.07) is 12.8. The number of carbonyl (C=O) groups is 1. The van der Waals surface area contributed by atoms with Gasteiger partial charge in [-0.05, 0) is 37.5 Å². The number of aromatic nitrogens is 1. The molecule has 1 aliphatic rings. The van der Waals surface area contributed by atoms with Gasteiger partial charge in [0.05, 0.1) is 27.4 Å². The summed E-state index contributed by atoms with van der Waals surface area (Å²) < 4.78 is 1.17. The molecule has 7 nitrogen and oxygen atoms in total. The third-order valence-electron chi connectivity index (χ3n) is 5.44. The van der Waals surface area contributed by atoms with E-state index in [1.54, 1.807) is 17.4 Å². The third kappa shape index (κ3) is 4.28. The lowest BCUT2D eigenvalue weighted by Crippen LogP contribution is -3.14. The lowest BCUT2D eigenvalue weighted by Gasteiger charge is -2.30. The van der Waals surface area contributed by atoms with Gasteiger partial charge in [0.1, 0.15) is 6.04 Å². The van der Waals surface area contributed by atoms with Crippen molar-refractivity contribution in [3.63, 3.8) is 0 Å². The van der Waals surface area contributed by atoms with Crippen LogP contribution < -0.4 is 10.2 Å². The molecule has 0 radical (unpaired) electrons. The largest absolute Gasteiger partial charge is 0.321 e. The average Bonchev–Trinajstić information content (AvgIpc) is 3.14. The van der Waals surface area contributed by atoms with Crippen molar-refractivity contribution in [1.82, 2.24) is 4.98 Å². The van der Waals surface area contributed by atoms with Crippen molar-refractivity contribution in [3.8, 4) is 0 Å². The Bertz CT molecular complexity index is 1030. The van der Waals surface area contributed by atoms with Gasteiger partial charge < -0.3 is 10.2 Å². The first-order valence-corrected chi connectivity index (χ1v) is 10.6. The Hall–Kier alpha value is -2.84. The zero-order chi connectivity index (χ0) is 20.4. The predicted molar refractivity (Wildman–Crippen MR) is 113 cm³/mol. The highest BCUT2D eigenvalue weighted by Gasteiger charge is 2.32. The fourth-order valence-electron chi connectivity index (χ4n) is 3.89. The van der Waals surface area contributed by atoms with E-state index in [4.69, 9.17) is 4.98 Å². The molecule has 2 heterocycles. The Labute approximate surface area is 172 Å². The van der Waals surface area contributed by atoms with Crippen LogP contribution in [0.5, 0.6) is 0 Å². The number of para-hydroxylation sites is 1. The quantitative estimate of drug-likeness (QED) is 0.498. The van der Waals surface area contributed by atoms with Crippen LogP contribution in [-0.2, 0) is 4.79 Å². The van der Waals surface area contributed by atoms with Gasteiger partial charge in [-0.1, -0.05) is 18.2 Å². The van der Waals surface area contributed by atoms with E-state index in [-0.39, 0.29) is 17.6 Å². The van der Waals surface area contributed by atoms with Crippen LogP contribution in [0, 0.1) is 17.0 Å². The third-order valence-corrected chi connectivity index (χ3v) is 6.59. The molecule has 1 amide bonds. The number of anilines is 1. The Balaban J connectivity index is 1.50. The summed E-state index contributed by atoms with van der Waals surface area (Å²) in [6.07, 6.45) is 3.23. The number of non-ortho nitro benzene ring substituents is 1. The van der Waals surface area contributed by atoms with Crippen LogP contribution in [0.3, 0.4) is 0 Å². The van der Waals surface area contributed by atoms with E-state index in [2.05, 4.69) is 11.4 Å². The SMILES string of the molecule is Cc1ccc([N+](=O)[O-])cc1NC(=O)C[NH+]1CCCC[C@@H]1c1nc2ccccc2s1. The Kier molecular flexibility index (Phi) is 5.55. The number of nitro groups is 1. The molecule has 3 aromatic rings. The summed E-state index contributed by atoms with van der Waals surface area (Å²) in [4.78, 5) is 29.3. The number of thiazole rings is 1. The zero-order valence-corrected chi connectivity index (χ0v) is 17.0. The topological polar surface area (TPSA) is 89.6 Å². The van der Waals surface area contributed by atoms with Crippen molar-refractivity contribution >= 4 is 38.8 Å². The lowest BCUT2D eigenvalue weighted by atomic mass is 10.0. The van der Waals surface area contributed by atoms with Crippen molar-refractivity contribution in [2.75, 3.05) is 18.4 Å². The van der Waals surface area contributed by atoms with Gasteiger partial charge in [-0.2, -0.15) is 0 Å². The van der Waals surface area contributed by atoms with Crippen LogP contribution in [0.2, 0.25) is 0 Å². The van der Waals surface area contributed by atoms with Gasteiger partial charge in [-0.15, -0.1) is 11.3 Å². The number of nitrogens with one attached hydrogen (secondary N) is 2. The van der Waals surface area contributed by atoms with Crippen LogP contribution in [0.25, 0.3) is 10.2 Å². The number of quaternary nitrogens is 1. The monoisotopic (exact) mass is 411 g/mol. The van der Waals surface area contributed by atoms with Gasteiger partial charge in [0.25, 0.3) is 11.6 Å². The van der Waals surface area contributed by atoms with Gasteiger partial charge in [0.15, 0.2) is 11.6 Å². The zero-order valence-electron chi connectivity index (χ0n) is 16.2. The number of piperidine rings is 1. The van der Waals surface area contributed by atoms with Crippen molar-refractivity contribution in [3.05, 3.63) is 63.1 Å². The maximum atomic E-state index is 12.7. The number of likely N-dealkylation sites (tertiary alicyclic amines) is 1. The number of hydrogen-bond acceptors (Lipinski definition) is 5. The number of nitrogens with zero attached hydrogens (tertiary/aromatic N) is 2. The van der Waals surface area contributed by atoms with Gasteiger partial charge in [0, 0.05) is 18.6 Å².